The van der Waals surface area contributed by atoms with Crippen molar-refractivity contribution in [1.82, 2.24) is 5.16 Å². The molecular formula is C10H6F4N2O. The number of anilines is 1. The summed E-state index contributed by atoms with van der Waals surface area (Å²) in [5.41, 5.74) is 3.78. The zero-order chi connectivity index (χ0) is 12.6. The van der Waals surface area contributed by atoms with Crippen molar-refractivity contribution in [2.24, 2.45) is 0 Å². The Kier molecular flexibility index (Phi) is 2.53. The summed E-state index contributed by atoms with van der Waals surface area (Å²) < 4.78 is 54.7. The molecule has 7 heteroatoms. The van der Waals surface area contributed by atoms with Crippen LogP contribution in [0.4, 0.5) is 23.4 Å². The van der Waals surface area contributed by atoms with Crippen molar-refractivity contribution in [2.45, 2.75) is 6.18 Å². The molecule has 0 amide bonds. The van der Waals surface area contributed by atoms with E-state index in [0.717, 1.165) is 12.1 Å². The number of nitrogens with two attached hydrogens (primary N) is 1. The molecule has 0 aliphatic heterocycles. The average molecular weight is 246 g/mol. The first-order chi connectivity index (χ1) is 7.89. The Morgan fingerprint density at radius 1 is 1.12 bits per heavy atom. The van der Waals surface area contributed by atoms with Crippen molar-refractivity contribution >= 4 is 5.88 Å². The molecule has 1 heterocycles. The highest BCUT2D eigenvalue weighted by atomic mass is 19.4. The van der Waals surface area contributed by atoms with E-state index >= 15 is 0 Å². The molecule has 0 aliphatic rings. The summed E-state index contributed by atoms with van der Waals surface area (Å²) in [5, 5.41) is 2.87. The molecule has 0 unspecified atom stereocenters. The van der Waals surface area contributed by atoms with Gasteiger partial charge in [0.15, 0.2) is 5.69 Å². The van der Waals surface area contributed by atoms with Gasteiger partial charge in [-0.1, -0.05) is 17.3 Å². The van der Waals surface area contributed by atoms with Gasteiger partial charge < -0.3 is 10.3 Å². The molecule has 0 bridgehead atoms. The molecular weight excluding hydrogens is 240 g/mol. The summed E-state index contributed by atoms with van der Waals surface area (Å²) in [6, 6.07) is 4.41. The number of nitrogen functional groups attached to an aromatic ring is 1. The summed E-state index contributed by atoms with van der Waals surface area (Å²) in [7, 11) is 0. The summed E-state index contributed by atoms with van der Waals surface area (Å²) in [6.45, 7) is 0. The van der Waals surface area contributed by atoms with Crippen LogP contribution in [0.1, 0.15) is 5.69 Å². The highest BCUT2D eigenvalue weighted by molar-refractivity contribution is 5.75. The molecule has 0 atom stereocenters. The van der Waals surface area contributed by atoms with Gasteiger partial charge in [-0.25, -0.2) is 4.39 Å². The van der Waals surface area contributed by atoms with Crippen molar-refractivity contribution in [3.8, 4) is 11.1 Å². The predicted molar refractivity (Wildman–Crippen MR) is 51.3 cm³/mol. The van der Waals surface area contributed by atoms with Gasteiger partial charge in [0.05, 0.1) is 5.56 Å². The van der Waals surface area contributed by atoms with Crippen LogP contribution in [-0.4, -0.2) is 5.16 Å². The Labute approximate surface area is 92.8 Å². The average Bonchev–Trinajstić information content (AvgIpc) is 2.61. The van der Waals surface area contributed by atoms with Gasteiger partial charge in [-0.2, -0.15) is 13.2 Å². The number of nitrogens with zero attached hydrogens (tertiary/aromatic N) is 1. The van der Waals surface area contributed by atoms with Crippen LogP contribution < -0.4 is 5.73 Å². The minimum absolute atomic E-state index is 0.0949. The Balaban J connectivity index is 2.59. The van der Waals surface area contributed by atoms with E-state index in [2.05, 4.69) is 9.68 Å². The van der Waals surface area contributed by atoms with E-state index in [0.29, 0.717) is 0 Å². The van der Waals surface area contributed by atoms with Crippen molar-refractivity contribution in [2.75, 3.05) is 5.73 Å². The maximum atomic E-state index is 12.7. The Morgan fingerprint density at radius 3 is 2.24 bits per heavy atom. The molecule has 90 valence electrons. The second-order valence-electron chi connectivity index (χ2n) is 3.28. The molecule has 2 N–H and O–H groups in total. The van der Waals surface area contributed by atoms with E-state index in [-0.39, 0.29) is 11.1 Å². The zero-order valence-electron chi connectivity index (χ0n) is 8.25. The highest BCUT2D eigenvalue weighted by Crippen LogP contribution is 2.39. The van der Waals surface area contributed by atoms with E-state index in [1.165, 1.54) is 12.1 Å². The molecule has 2 aromatic rings. The molecule has 0 radical (unpaired) electrons. The second-order valence-corrected chi connectivity index (χ2v) is 3.28. The number of halogens is 4. The molecule has 17 heavy (non-hydrogen) atoms. The van der Waals surface area contributed by atoms with Crippen molar-refractivity contribution in [3.05, 3.63) is 35.8 Å². The lowest BCUT2D eigenvalue weighted by molar-refractivity contribution is -0.142. The molecule has 1 aromatic heterocycles. The predicted octanol–water partition coefficient (Wildman–Crippen LogP) is 3.08. The van der Waals surface area contributed by atoms with E-state index in [1.807, 2.05) is 0 Å². The van der Waals surface area contributed by atoms with Gasteiger partial charge in [-0.15, -0.1) is 0 Å². The Bertz CT molecular complexity index is 530. The van der Waals surface area contributed by atoms with Gasteiger partial charge in [-0.05, 0) is 17.7 Å². The monoisotopic (exact) mass is 246 g/mol. The number of hydrogen-bond acceptors (Lipinski definition) is 3. The van der Waals surface area contributed by atoms with Crippen LogP contribution in [0.25, 0.3) is 11.1 Å². The molecule has 2 rings (SSSR count). The first-order valence-corrected chi connectivity index (χ1v) is 4.48. The second kappa shape index (κ2) is 3.76. The summed E-state index contributed by atoms with van der Waals surface area (Å²) >= 11 is 0. The Morgan fingerprint density at radius 2 is 1.71 bits per heavy atom. The molecule has 0 saturated carbocycles. The van der Waals surface area contributed by atoms with Crippen molar-refractivity contribution < 1.29 is 22.1 Å². The Hall–Kier alpha value is -2.05. The highest BCUT2D eigenvalue weighted by Gasteiger charge is 2.39. The molecule has 3 nitrogen and oxygen atoms in total. The third-order valence-corrected chi connectivity index (χ3v) is 2.12. The maximum absolute atomic E-state index is 12.7. The minimum atomic E-state index is -4.68. The summed E-state index contributed by atoms with van der Waals surface area (Å²) in [6.07, 6.45) is -4.68. The fraction of sp³-hybridized carbons (Fsp3) is 0.100. The zero-order valence-corrected chi connectivity index (χ0v) is 8.25. The van der Waals surface area contributed by atoms with Gasteiger partial charge in [-0.3, -0.25) is 0 Å². The fourth-order valence-corrected chi connectivity index (χ4v) is 1.39. The third-order valence-electron chi connectivity index (χ3n) is 2.12. The van der Waals surface area contributed by atoms with Crippen LogP contribution >= 0.6 is 0 Å². The summed E-state index contributed by atoms with van der Waals surface area (Å²) in [5.74, 6) is -1.01. The maximum Gasteiger partial charge on any atom is 0.437 e. The van der Waals surface area contributed by atoms with E-state index in [4.69, 9.17) is 5.73 Å². The van der Waals surface area contributed by atoms with Gasteiger partial charge in [0.25, 0.3) is 0 Å². The van der Waals surface area contributed by atoms with E-state index in [1.54, 1.807) is 0 Å². The lowest BCUT2D eigenvalue weighted by atomic mass is 10.1. The first-order valence-electron chi connectivity index (χ1n) is 4.48. The SMILES string of the molecule is Nc1onc(C(F)(F)F)c1-c1ccc(F)cc1. The van der Waals surface area contributed by atoms with Crippen LogP contribution in [0.3, 0.4) is 0 Å². The summed E-state index contributed by atoms with van der Waals surface area (Å²) in [4.78, 5) is 0. The lowest BCUT2D eigenvalue weighted by Gasteiger charge is -2.05. The van der Waals surface area contributed by atoms with Gasteiger partial charge in [0, 0.05) is 0 Å². The van der Waals surface area contributed by atoms with Crippen LogP contribution in [0.2, 0.25) is 0 Å². The van der Waals surface area contributed by atoms with Gasteiger partial charge >= 0.3 is 6.18 Å². The number of alkyl halides is 3. The van der Waals surface area contributed by atoms with Crippen LogP contribution in [-0.2, 0) is 6.18 Å². The number of rotatable bonds is 1. The lowest BCUT2D eigenvalue weighted by Crippen LogP contribution is -2.07. The van der Waals surface area contributed by atoms with Crippen LogP contribution in [0.15, 0.2) is 28.8 Å². The van der Waals surface area contributed by atoms with Gasteiger partial charge in [0.1, 0.15) is 5.82 Å². The fourth-order valence-electron chi connectivity index (χ4n) is 1.39. The minimum Gasteiger partial charge on any atom is -0.367 e. The molecule has 0 fully saturated rings. The molecule has 0 spiro atoms. The van der Waals surface area contributed by atoms with Crippen LogP contribution in [0, 0.1) is 5.82 Å². The molecule has 0 saturated heterocycles. The van der Waals surface area contributed by atoms with Crippen LogP contribution in [0.5, 0.6) is 0 Å². The normalized spacial score (nSPS) is 11.8. The molecule has 1 aromatic carbocycles. The largest absolute Gasteiger partial charge is 0.437 e. The van der Waals surface area contributed by atoms with E-state index in [9.17, 15) is 17.6 Å². The first kappa shape index (κ1) is 11.4. The molecule has 0 aliphatic carbocycles. The smallest absolute Gasteiger partial charge is 0.367 e. The number of aromatic nitrogens is 1. The van der Waals surface area contributed by atoms with Crippen molar-refractivity contribution in [3.63, 3.8) is 0 Å². The van der Waals surface area contributed by atoms with Gasteiger partial charge in [0.2, 0.25) is 5.88 Å². The topological polar surface area (TPSA) is 52.0 Å². The standard InChI is InChI=1S/C10H6F4N2O/c11-6-3-1-5(2-4-6)7-8(10(12,13)14)16-17-9(7)15/h1-4H,15H2. The number of hydrogen-bond donors (Lipinski definition) is 1. The number of benzene rings is 1. The van der Waals surface area contributed by atoms with E-state index < -0.39 is 23.6 Å². The third kappa shape index (κ3) is 2.08. The quantitative estimate of drug-likeness (QED) is 0.786. The van der Waals surface area contributed by atoms with Crippen molar-refractivity contribution in [1.29, 1.82) is 0 Å².